The molecule has 0 amide bonds. The zero-order chi connectivity index (χ0) is 12.3. The van der Waals surface area contributed by atoms with Crippen molar-refractivity contribution in [2.75, 3.05) is 5.32 Å². The first-order valence-corrected chi connectivity index (χ1v) is 4.91. The van der Waals surface area contributed by atoms with Gasteiger partial charge in [-0.2, -0.15) is 0 Å². The summed E-state index contributed by atoms with van der Waals surface area (Å²) >= 11 is 0. The minimum absolute atomic E-state index is 0.153. The van der Waals surface area contributed by atoms with Crippen LogP contribution < -0.4 is 10.1 Å². The highest BCUT2D eigenvalue weighted by molar-refractivity contribution is 5.55. The van der Waals surface area contributed by atoms with E-state index < -0.39 is 6.36 Å². The van der Waals surface area contributed by atoms with Crippen molar-refractivity contribution in [3.63, 3.8) is 0 Å². The zero-order valence-corrected chi connectivity index (χ0v) is 9.35. The Morgan fingerprint density at radius 1 is 1.25 bits per heavy atom. The molecule has 0 radical (unpaired) electrons. The van der Waals surface area contributed by atoms with E-state index in [1.54, 1.807) is 6.07 Å². The monoisotopic (exact) mass is 233 g/mol. The number of hydrogen-bond donors (Lipinski definition) is 1. The molecule has 1 rings (SSSR count). The Balaban J connectivity index is 2.89. The van der Waals surface area contributed by atoms with Gasteiger partial charge in [-0.05, 0) is 32.4 Å². The molecule has 90 valence electrons. The third-order valence-electron chi connectivity index (χ3n) is 1.89. The van der Waals surface area contributed by atoms with Crippen molar-refractivity contribution < 1.29 is 17.9 Å². The van der Waals surface area contributed by atoms with Crippen LogP contribution in [0.15, 0.2) is 18.2 Å². The summed E-state index contributed by atoms with van der Waals surface area (Å²) in [5.74, 6) is -0.207. The molecule has 0 saturated heterocycles. The molecule has 0 heterocycles. The molecule has 5 heteroatoms. The third kappa shape index (κ3) is 4.00. The lowest BCUT2D eigenvalue weighted by atomic mass is 10.2. The molecule has 0 aliphatic heterocycles. The molecule has 0 fully saturated rings. The molecule has 0 atom stereocenters. The van der Waals surface area contributed by atoms with Crippen LogP contribution in [0.25, 0.3) is 0 Å². The molecule has 0 aliphatic rings. The van der Waals surface area contributed by atoms with Crippen molar-refractivity contribution in [3.05, 3.63) is 23.8 Å². The Morgan fingerprint density at radius 2 is 1.88 bits per heavy atom. The van der Waals surface area contributed by atoms with Gasteiger partial charge in [-0.1, -0.05) is 6.07 Å². The molecule has 2 nitrogen and oxygen atoms in total. The predicted molar refractivity (Wildman–Crippen MR) is 56.6 cm³/mol. The van der Waals surface area contributed by atoms with Crippen molar-refractivity contribution in [1.29, 1.82) is 0 Å². The Labute approximate surface area is 92.4 Å². The highest BCUT2D eigenvalue weighted by atomic mass is 19.4. The van der Waals surface area contributed by atoms with Crippen LogP contribution in [0.5, 0.6) is 5.75 Å². The fourth-order valence-electron chi connectivity index (χ4n) is 1.26. The number of alkyl halides is 3. The van der Waals surface area contributed by atoms with Crippen LogP contribution in [0.2, 0.25) is 0 Å². The van der Waals surface area contributed by atoms with E-state index in [0.717, 1.165) is 5.56 Å². The largest absolute Gasteiger partial charge is 0.573 e. The number of rotatable bonds is 3. The highest BCUT2D eigenvalue weighted by Gasteiger charge is 2.31. The first-order chi connectivity index (χ1) is 7.28. The van der Waals surface area contributed by atoms with Gasteiger partial charge in [0.2, 0.25) is 0 Å². The molecule has 0 aliphatic carbocycles. The molecular weight excluding hydrogens is 219 g/mol. The van der Waals surface area contributed by atoms with E-state index in [1.807, 2.05) is 20.8 Å². The average molecular weight is 233 g/mol. The smallest absolute Gasteiger partial charge is 0.406 e. The minimum atomic E-state index is -4.65. The second kappa shape index (κ2) is 4.63. The van der Waals surface area contributed by atoms with E-state index in [2.05, 4.69) is 10.1 Å². The van der Waals surface area contributed by atoms with Crippen LogP contribution in [0.4, 0.5) is 18.9 Å². The van der Waals surface area contributed by atoms with Gasteiger partial charge in [0, 0.05) is 17.8 Å². The number of benzene rings is 1. The van der Waals surface area contributed by atoms with E-state index in [9.17, 15) is 13.2 Å². The fourth-order valence-corrected chi connectivity index (χ4v) is 1.26. The van der Waals surface area contributed by atoms with Crippen LogP contribution in [-0.4, -0.2) is 12.4 Å². The molecule has 1 aromatic carbocycles. The average Bonchev–Trinajstić information content (AvgIpc) is 2.07. The van der Waals surface area contributed by atoms with Crippen molar-refractivity contribution in [2.45, 2.75) is 33.2 Å². The Kier molecular flexibility index (Phi) is 3.67. The SMILES string of the molecule is Cc1ccc(OC(F)(F)F)cc1NC(C)C. The maximum absolute atomic E-state index is 12.0. The number of nitrogens with one attached hydrogen (secondary N) is 1. The lowest BCUT2D eigenvalue weighted by Gasteiger charge is -2.15. The van der Waals surface area contributed by atoms with Gasteiger partial charge in [0.15, 0.2) is 0 Å². The summed E-state index contributed by atoms with van der Waals surface area (Å²) in [5.41, 5.74) is 1.53. The second-order valence-electron chi connectivity index (χ2n) is 3.82. The van der Waals surface area contributed by atoms with Gasteiger partial charge >= 0.3 is 6.36 Å². The number of aryl methyl sites for hydroxylation is 1. The molecular formula is C11H14F3NO. The number of hydrogen-bond acceptors (Lipinski definition) is 2. The van der Waals surface area contributed by atoms with Gasteiger partial charge < -0.3 is 10.1 Å². The molecule has 1 aromatic rings. The first-order valence-electron chi connectivity index (χ1n) is 4.91. The lowest BCUT2D eigenvalue weighted by molar-refractivity contribution is -0.274. The van der Waals surface area contributed by atoms with Crippen LogP contribution >= 0.6 is 0 Å². The summed E-state index contributed by atoms with van der Waals surface area (Å²) in [5, 5.41) is 3.05. The van der Waals surface area contributed by atoms with E-state index in [0.29, 0.717) is 5.69 Å². The standard InChI is InChI=1S/C11H14F3NO/c1-7(2)15-10-6-9(5-4-8(10)3)16-11(12,13)14/h4-7,15H,1-3H3. The lowest BCUT2D eigenvalue weighted by Crippen LogP contribution is -2.17. The number of ether oxygens (including phenoxy) is 1. The van der Waals surface area contributed by atoms with Crippen molar-refractivity contribution >= 4 is 5.69 Å². The molecule has 1 N–H and O–H groups in total. The molecule has 0 unspecified atom stereocenters. The Hall–Kier alpha value is -1.39. The minimum Gasteiger partial charge on any atom is -0.406 e. The molecule has 0 spiro atoms. The Morgan fingerprint density at radius 3 is 2.38 bits per heavy atom. The van der Waals surface area contributed by atoms with Gasteiger partial charge in [0.25, 0.3) is 0 Å². The van der Waals surface area contributed by atoms with E-state index in [-0.39, 0.29) is 11.8 Å². The fraction of sp³-hybridized carbons (Fsp3) is 0.455. The maximum atomic E-state index is 12.0. The van der Waals surface area contributed by atoms with Crippen LogP contribution in [-0.2, 0) is 0 Å². The van der Waals surface area contributed by atoms with Gasteiger partial charge in [-0.25, -0.2) is 0 Å². The predicted octanol–water partition coefficient (Wildman–Crippen LogP) is 3.71. The summed E-state index contributed by atoms with van der Waals surface area (Å²) in [6.07, 6.45) is -4.65. The number of anilines is 1. The molecule has 0 saturated carbocycles. The van der Waals surface area contributed by atoms with Crippen LogP contribution in [0.1, 0.15) is 19.4 Å². The van der Waals surface area contributed by atoms with Gasteiger partial charge in [-0.3, -0.25) is 0 Å². The van der Waals surface area contributed by atoms with Crippen molar-refractivity contribution in [2.24, 2.45) is 0 Å². The summed E-state index contributed by atoms with van der Waals surface area (Å²) in [6.45, 7) is 5.65. The molecule has 0 aromatic heterocycles. The van der Waals surface area contributed by atoms with E-state index in [4.69, 9.17) is 0 Å². The summed E-state index contributed by atoms with van der Waals surface area (Å²) in [7, 11) is 0. The highest BCUT2D eigenvalue weighted by Crippen LogP contribution is 2.27. The third-order valence-corrected chi connectivity index (χ3v) is 1.89. The summed E-state index contributed by atoms with van der Waals surface area (Å²) in [4.78, 5) is 0. The zero-order valence-electron chi connectivity index (χ0n) is 9.35. The van der Waals surface area contributed by atoms with Gasteiger partial charge in [-0.15, -0.1) is 13.2 Å². The van der Waals surface area contributed by atoms with Crippen molar-refractivity contribution in [3.8, 4) is 5.75 Å². The second-order valence-corrected chi connectivity index (χ2v) is 3.82. The first kappa shape index (κ1) is 12.7. The number of halogens is 3. The van der Waals surface area contributed by atoms with E-state index >= 15 is 0 Å². The summed E-state index contributed by atoms with van der Waals surface area (Å²) in [6, 6.07) is 4.39. The quantitative estimate of drug-likeness (QED) is 0.859. The maximum Gasteiger partial charge on any atom is 0.573 e. The van der Waals surface area contributed by atoms with E-state index in [1.165, 1.54) is 12.1 Å². The van der Waals surface area contributed by atoms with Crippen LogP contribution in [0.3, 0.4) is 0 Å². The van der Waals surface area contributed by atoms with Crippen LogP contribution in [0, 0.1) is 6.92 Å². The van der Waals surface area contributed by atoms with Crippen molar-refractivity contribution in [1.82, 2.24) is 0 Å². The normalized spacial score (nSPS) is 11.7. The summed E-state index contributed by atoms with van der Waals surface area (Å²) < 4.78 is 39.8. The molecule has 16 heavy (non-hydrogen) atoms. The van der Waals surface area contributed by atoms with Gasteiger partial charge in [0.1, 0.15) is 5.75 Å². The topological polar surface area (TPSA) is 21.3 Å². The molecule has 0 bridgehead atoms. The Bertz CT molecular complexity index is 361. The van der Waals surface area contributed by atoms with Gasteiger partial charge in [0.05, 0.1) is 0 Å².